The summed E-state index contributed by atoms with van der Waals surface area (Å²) in [6, 6.07) is 3.90. The second-order valence-electron chi connectivity index (χ2n) is 6.34. The van der Waals surface area contributed by atoms with Gasteiger partial charge in [-0.25, -0.2) is 4.79 Å². The van der Waals surface area contributed by atoms with Crippen molar-refractivity contribution in [2.24, 2.45) is 0 Å². The van der Waals surface area contributed by atoms with Gasteiger partial charge in [-0.1, -0.05) is 5.57 Å². The predicted octanol–water partition coefficient (Wildman–Crippen LogP) is 2.89. The summed E-state index contributed by atoms with van der Waals surface area (Å²) in [5, 5.41) is 3.42. The lowest BCUT2D eigenvalue weighted by atomic mass is 10.1. The Hall–Kier alpha value is -1.75. The summed E-state index contributed by atoms with van der Waals surface area (Å²) in [6.07, 6.45) is 3.40. The van der Waals surface area contributed by atoms with Gasteiger partial charge in [0.25, 0.3) is 0 Å². The van der Waals surface area contributed by atoms with Crippen molar-refractivity contribution in [2.75, 3.05) is 19.6 Å². The maximum absolute atomic E-state index is 12.1. The van der Waals surface area contributed by atoms with Crippen LogP contribution in [0.5, 0.6) is 0 Å². The first kappa shape index (κ1) is 15.6. The van der Waals surface area contributed by atoms with E-state index in [1.165, 1.54) is 0 Å². The van der Waals surface area contributed by atoms with Gasteiger partial charge in [-0.2, -0.15) is 0 Å². The van der Waals surface area contributed by atoms with Crippen molar-refractivity contribution in [3.63, 3.8) is 0 Å². The van der Waals surface area contributed by atoms with Crippen molar-refractivity contribution < 1.29 is 13.9 Å². The van der Waals surface area contributed by atoms with E-state index in [2.05, 4.69) is 5.32 Å². The number of hydrogen-bond acceptors (Lipinski definition) is 4. The van der Waals surface area contributed by atoms with E-state index in [1.807, 2.05) is 45.9 Å². The average Bonchev–Trinajstić information content (AvgIpc) is 2.90. The van der Waals surface area contributed by atoms with E-state index in [0.29, 0.717) is 13.1 Å². The Morgan fingerprint density at radius 3 is 2.90 bits per heavy atom. The zero-order chi connectivity index (χ0) is 15.5. The molecule has 1 aromatic heterocycles. The number of hydrogen-bond donors (Lipinski definition) is 1. The summed E-state index contributed by atoms with van der Waals surface area (Å²) in [6.45, 7) is 9.72. The Balaban J connectivity index is 1.99. The molecule has 1 aromatic rings. The zero-order valence-corrected chi connectivity index (χ0v) is 13.2. The summed E-state index contributed by atoms with van der Waals surface area (Å²) in [7, 11) is 0. The van der Waals surface area contributed by atoms with Crippen molar-refractivity contribution in [2.45, 2.75) is 39.3 Å². The number of nitrogens with one attached hydrogen (secondary N) is 1. The molecule has 2 rings (SSSR count). The fourth-order valence-electron chi connectivity index (χ4n) is 2.25. The molecule has 0 saturated carbocycles. The summed E-state index contributed by atoms with van der Waals surface area (Å²) in [4.78, 5) is 13.9. The van der Waals surface area contributed by atoms with E-state index in [0.717, 1.165) is 17.9 Å². The number of rotatable bonds is 2. The van der Waals surface area contributed by atoms with Gasteiger partial charge >= 0.3 is 6.09 Å². The molecule has 0 bridgehead atoms. The fraction of sp³-hybridized carbons (Fsp3) is 0.562. The number of nitrogens with zero attached hydrogens (tertiary/aromatic N) is 1. The molecule has 1 aliphatic rings. The first-order valence-corrected chi connectivity index (χ1v) is 7.28. The standard InChI is InChI=1S/C16H24N2O3/c1-12(10-13-6-5-9-20-13)14-11-18(8-7-17-14)15(19)21-16(2,3)4/h5-6,9-10,14,17H,7-8,11H2,1-4H3/b12-10+. The molecule has 5 nitrogen and oxygen atoms in total. The van der Waals surface area contributed by atoms with Crippen LogP contribution in [0.15, 0.2) is 28.4 Å². The molecule has 2 heterocycles. The van der Waals surface area contributed by atoms with E-state index >= 15 is 0 Å². The number of amides is 1. The SMILES string of the molecule is C/C(=C\c1ccco1)C1CN(C(=O)OC(C)(C)C)CCN1. The van der Waals surface area contributed by atoms with Crippen LogP contribution < -0.4 is 5.32 Å². The van der Waals surface area contributed by atoms with Crippen molar-refractivity contribution >= 4 is 12.2 Å². The van der Waals surface area contributed by atoms with Crippen LogP contribution in [-0.4, -0.2) is 42.3 Å². The molecule has 0 aromatic carbocycles. The third-order valence-corrected chi connectivity index (χ3v) is 3.29. The third-order valence-electron chi connectivity index (χ3n) is 3.29. The number of ether oxygens (including phenoxy) is 1. The smallest absolute Gasteiger partial charge is 0.410 e. The van der Waals surface area contributed by atoms with E-state index in [1.54, 1.807) is 11.2 Å². The number of piperazine rings is 1. The quantitative estimate of drug-likeness (QED) is 0.910. The Kier molecular flexibility index (Phi) is 4.73. The van der Waals surface area contributed by atoms with Crippen LogP contribution in [0.3, 0.4) is 0 Å². The molecule has 5 heteroatoms. The minimum Gasteiger partial charge on any atom is -0.465 e. The molecule has 1 atom stereocenters. The molecule has 1 saturated heterocycles. The van der Waals surface area contributed by atoms with E-state index in [-0.39, 0.29) is 12.1 Å². The molecule has 0 spiro atoms. The van der Waals surface area contributed by atoms with Gasteiger partial charge in [0.1, 0.15) is 11.4 Å². The first-order chi connectivity index (χ1) is 9.85. The highest BCUT2D eigenvalue weighted by Gasteiger charge is 2.27. The second kappa shape index (κ2) is 6.35. The number of carbonyl (C=O) groups excluding carboxylic acids is 1. The summed E-state index contributed by atoms with van der Waals surface area (Å²) in [5.74, 6) is 0.823. The van der Waals surface area contributed by atoms with Crippen LogP contribution in [0.2, 0.25) is 0 Å². The molecule has 1 amide bonds. The Morgan fingerprint density at radius 1 is 1.52 bits per heavy atom. The van der Waals surface area contributed by atoms with Crippen molar-refractivity contribution in [3.8, 4) is 0 Å². The predicted molar refractivity (Wildman–Crippen MR) is 82.0 cm³/mol. The normalized spacial score (nSPS) is 20.5. The van der Waals surface area contributed by atoms with Crippen LogP contribution in [0, 0.1) is 0 Å². The Morgan fingerprint density at radius 2 is 2.29 bits per heavy atom. The highest BCUT2D eigenvalue weighted by Crippen LogP contribution is 2.16. The lowest BCUT2D eigenvalue weighted by Gasteiger charge is -2.35. The number of furan rings is 1. The highest BCUT2D eigenvalue weighted by atomic mass is 16.6. The van der Waals surface area contributed by atoms with Crippen LogP contribution in [0.1, 0.15) is 33.5 Å². The maximum atomic E-state index is 12.1. The molecule has 116 valence electrons. The Labute approximate surface area is 125 Å². The van der Waals surface area contributed by atoms with E-state index in [9.17, 15) is 4.79 Å². The fourth-order valence-corrected chi connectivity index (χ4v) is 2.25. The minimum absolute atomic E-state index is 0.122. The molecule has 0 aliphatic carbocycles. The average molecular weight is 292 g/mol. The van der Waals surface area contributed by atoms with Gasteiger partial charge in [0.05, 0.1) is 6.26 Å². The number of carbonyl (C=O) groups is 1. The van der Waals surface area contributed by atoms with E-state index < -0.39 is 5.60 Å². The van der Waals surface area contributed by atoms with Crippen molar-refractivity contribution in [1.29, 1.82) is 0 Å². The minimum atomic E-state index is -0.462. The van der Waals surface area contributed by atoms with Gasteiger partial charge in [-0.3, -0.25) is 0 Å². The van der Waals surface area contributed by atoms with Gasteiger partial charge in [-0.05, 0) is 45.9 Å². The molecule has 1 N–H and O–H groups in total. The lowest BCUT2D eigenvalue weighted by Crippen LogP contribution is -2.53. The zero-order valence-electron chi connectivity index (χ0n) is 13.2. The van der Waals surface area contributed by atoms with Gasteiger partial charge in [0.2, 0.25) is 0 Å². The van der Waals surface area contributed by atoms with E-state index in [4.69, 9.17) is 9.15 Å². The molecule has 1 fully saturated rings. The molecular formula is C16H24N2O3. The van der Waals surface area contributed by atoms with Crippen LogP contribution in [0.25, 0.3) is 6.08 Å². The second-order valence-corrected chi connectivity index (χ2v) is 6.34. The lowest BCUT2D eigenvalue weighted by molar-refractivity contribution is 0.0207. The summed E-state index contributed by atoms with van der Waals surface area (Å²) < 4.78 is 10.8. The maximum Gasteiger partial charge on any atom is 0.410 e. The molecule has 0 radical (unpaired) electrons. The van der Waals surface area contributed by atoms with Crippen molar-refractivity contribution in [1.82, 2.24) is 10.2 Å². The molecular weight excluding hydrogens is 268 g/mol. The van der Waals surface area contributed by atoms with Gasteiger partial charge in [0.15, 0.2) is 0 Å². The van der Waals surface area contributed by atoms with Crippen molar-refractivity contribution in [3.05, 3.63) is 29.7 Å². The monoisotopic (exact) mass is 292 g/mol. The van der Waals surface area contributed by atoms with Crippen LogP contribution >= 0.6 is 0 Å². The van der Waals surface area contributed by atoms with Crippen LogP contribution in [-0.2, 0) is 4.74 Å². The highest BCUT2D eigenvalue weighted by molar-refractivity contribution is 5.68. The molecule has 21 heavy (non-hydrogen) atoms. The molecule has 1 aliphatic heterocycles. The largest absolute Gasteiger partial charge is 0.465 e. The van der Waals surface area contributed by atoms with Gasteiger partial charge in [0, 0.05) is 25.7 Å². The van der Waals surface area contributed by atoms with Gasteiger partial charge < -0.3 is 19.4 Å². The van der Waals surface area contributed by atoms with Crippen LogP contribution in [0.4, 0.5) is 4.79 Å². The summed E-state index contributed by atoms with van der Waals surface area (Å²) in [5.41, 5.74) is 0.675. The summed E-state index contributed by atoms with van der Waals surface area (Å²) >= 11 is 0. The topological polar surface area (TPSA) is 54.7 Å². The Bertz CT molecular complexity index is 500. The first-order valence-electron chi connectivity index (χ1n) is 7.28. The molecule has 1 unspecified atom stereocenters. The third kappa shape index (κ3) is 4.63. The van der Waals surface area contributed by atoms with Gasteiger partial charge in [-0.15, -0.1) is 0 Å².